The van der Waals surface area contributed by atoms with Crippen LogP contribution in [-0.4, -0.2) is 22.1 Å². The average Bonchev–Trinajstić information content (AvgIpc) is 2.14. The number of carbonyl (C=O) groups excluding carboxylic acids is 1. The van der Waals surface area contributed by atoms with Gasteiger partial charge in [0.1, 0.15) is 6.23 Å². The van der Waals surface area contributed by atoms with E-state index in [2.05, 4.69) is 0 Å². The van der Waals surface area contributed by atoms with Crippen LogP contribution in [0.25, 0.3) is 0 Å². The van der Waals surface area contributed by atoms with Crippen LogP contribution in [0, 0.1) is 0 Å². The smallest absolute Gasteiger partial charge is 0.227 e. The highest BCUT2D eigenvalue weighted by Crippen LogP contribution is 2.35. The minimum atomic E-state index is -0.693. The molecular weight excluding hydrogens is 178 g/mol. The molecule has 74 valence electrons. The third kappa shape index (κ3) is 1.40. The molecule has 1 aliphatic heterocycles. The van der Waals surface area contributed by atoms with E-state index < -0.39 is 6.23 Å². The van der Waals surface area contributed by atoms with E-state index in [0.717, 1.165) is 5.56 Å². The van der Waals surface area contributed by atoms with Gasteiger partial charge in [-0.05, 0) is 12.5 Å². The van der Waals surface area contributed by atoms with Gasteiger partial charge < -0.3 is 10.0 Å². The molecule has 1 heterocycles. The first-order valence-corrected chi connectivity index (χ1v) is 4.74. The van der Waals surface area contributed by atoms with Crippen LogP contribution in [0.1, 0.15) is 24.9 Å². The number of carbonyl (C=O) groups is 1. The van der Waals surface area contributed by atoms with Gasteiger partial charge in [-0.1, -0.05) is 30.3 Å². The van der Waals surface area contributed by atoms with Crippen molar-refractivity contribution in [2.75, 3.05) is 0 Å². The summed E-state index contributed by atoms with van der Waals surface area (Å²) in [6.07, 6.45) is -0.184. The third-order valence-corrected chi connectivity index (χ3v) is 2.58. The van der Waals surface area contributed by atoms with Crippen LogP contribution in [0.3, 0.4) is 0 Å². The normalized spacial score (nSPS) is 23.1. The van der Waals surface area contributed by atoms with Gasteiger partial charge in [-0.2, -0.15) is 0 Å². The number of benzene rings is 1. The van der Waals surface area contributed by atoms with E-state index in [1.54, 1.807) is 6.92 Å². The number of β-lactam (4-membered cyclic amide) rings is 1. The molecule has 0 aromatic heterocycles. The zero-order chi connectivity index (χ0) is 10.1. The van der Waals surface area contributed by atoms with Crippen molar-refractivity contribution in [3.05, 3.63) is 35.9 Å². The van der Waals surface area contributed by atoms with Gasteiger partial charge in [0.05, 0.1) is 12.5 Å². The van der Waals surface area contributed by atoms with E-state index in [9.17, 15) is 9.90 Å². The summed E-state index contributed by atoms with van der Waals surface area (Å²) in [7, 11) is 0. The second kappa shape index (κ2) is 3.42. The fourth-order valence-electron chi connectivity index (χ4n) is 1.85. The lowest BCUT2D eigenvalue weighted by Crippen LogP contribution is -2.51. The van der Waals surface area contributed by atoms with Crippen LogP contribution in [0.4, 0.5) is 0 Å². The lowest BCUT2D eigenvalue weighted by molar-refractivity contribution is -0.161. The molecule has 1 aliphatic rings. The Labute approximate surface area is 83.0 Å². The Bertz CT molecular complexity index is 334. The van der Waals surface area contributed by atoms with Gasteiger partial charge in [0.15, 0.2) is 0 Å². The van der Waals surface area contributed by atoms with Gasteiger partial charge in [-0.3, -0.25) is 4.79 Å². The van der Waals surface area contributed by atoms with E-state index in [4.69, 9.17) is 0 Å². The fourth-order valence-corrected chi connectivity index (χ4v) is 1.85. The zero-order valence-electron chi connectivity index (χ0n) is 8.05. The Morgan fingerprint density at radius 3 is 2.57 bits per heavy atom. The molecular formula is C11H13NO2. The van der Waals surface area contributed by atoms with Crippen LogP contribution < -0.4 is 0 Å². The van der Waals surface area contributed by atoms with Gasteiger partial charge in [-0.15, -0.1) is 0 Å². The van der Waals surface area contributed by atoms with Gasteiger partial charge in [0.25, 0.3) is 0 Å². The number of rotatable bonds is 2. The molecule has 1 amide bonds. The maximum atomic E-state index is 11.2. The molecule has 1 saturated heterocycles. The van der Waals surface area contributed by atoms with Crippen molar-refractivity contribution in [1.29, 1.82) is 0 Å². The molecule has 0 bridgehead atoms. The van der Waals surface area contributed by atoms with Gasteiger partial charge in [-0.25, -0.2) is 0 Å². The lowest BCUT2D eigenvalue weighted by Gasteiger charge is -2.42. The number of nitrogens with zero attached hydrogens (tertiary/aromatic N) is 1. The highest BCUT2D eigenvalue weighted by Gasteiger charge is 2.39. The van der Waals surface area contributed by atoms with Crippen molar-refractivity contribution in [2.45, 2.75) is 25.6 Å². The summed E-state index contributed by atoms with van der Waals surface area (Å²) >= 11 is 0. The summed E-state index contributed by atoms with van der Waals surface area (Å²) in [6, 6.07) is 9.84. The van der Waals surface area contributed by atoms with Crippen LogP contribution in [0.2, 0.25) is 0 Å². The van der Waals surface area contributed by atoms with Crippen LogP contribution in [0.5, 0.6) is 0 Å². The molecule has 3 nitrogen and oxygen atoms in total. The van der Waals surface area contributed by atoms with Crippen molar-refractivity contribution in [3.63, 3.8) is 0 Å². The van der Waals surface area contributed by atoms with Crippen molar-refractivity contribution in [2.24, 2.45) is 0 Å². The Balaban J connectivity index is 2.18. The summed E-state index contributed by atoms with van der Waals surface area (Å²) in [6.45, 7) is 1.62. The second-order valence-electron chi connectivity index (χ2n) is 3.56. The Morgan fingerprint density at radius 1 is 1.43 bits per heavy atom. The first-order valence-electron chi connectivity index (χ1n) is 4.74. The number of aliphatic hydroxyl groups is 1. The molecule has 0 aliphatic carbocycles. The van der Waals surface area contributed by atoms with Crippen LogP contribution >= 0.6 is 0 Å². The maximum Gasteiger partial charge on any atom is 0.227 e. The third-order valence-electron chi connectivity index (χ3n) is 2.58. The van der Waals surface area contributed by atoms with Crippen molar-refractivity contribution in [1.82, 2.24) is 4.90 Å². The van der Waals surface area contributed by atoms with E-state index >= 15 is 0 Å². The van der Waals surface area contributed by atoms with Crippen molar-refractivity contribution in [3.8, 4) is 0 Å². The summed E-state index contributed by atoms with van der Waals surface area (Å²) in [5.41, 5.74) is 1.09. The molecule has 1 aromatic carbocycles. The van der Waals surface area contributed by atoms with E-state index in [1.165, 1.54) is 4.90 Å². The van der Waals surface area contributed by atoms with E-state index in [1.807, 2.05) is 30.3 Å². The number of aliphatic hydroxyl groups excluding tert-OH is 1. The molecule has 1 fully saturated rings. The summed E-state index contributed by atoms with van der Waals surface area (Å²) in [4.78, 5) is 12.7. The summed E-state index contributed by atoms with van der Waals surface area (Å²) in [5.74, 6) is 0.0221. The Morgan fingerprint density at radius 2 is 2.07 bits per heavy atom. The lowest BCUT2D eigenvalue weighted by atomic mass is 9.94. The zero-order valence-corrected chi connectivity index (χ0v) is 8.05. The second-order valence-corrected chi connectivity index (χ2v) is 3.56. The molecule has 3 heteroatoms. The van der Waals surface area contributed by atoms with Crippen molar-refractivity contribution < 1.29 is 9.90 Å². The number of likely N-dealkylation sites (tertiary alicyclic amines) is 1. The topological polar surface area (TPSA) is 40.5 Å². The number of hydrogen-bond acceptors (Lipinski definition) is 2. The predicted octanol–water partition coefficient (Wildman–Crippen LogP) is 1.30. The standard InChI is InChI=1S/C11H13NO2/c1-8(13)12-10(7-11(12)14)9-5-3-2-4-6-9/h2-6,8,10,13H,7H2,1H3. The molecule has 0 radical (unpaired) electrons. The van der Waals surface area contributed by atoms with E-state index in [-0.39, 0.29) is 11.9 Å². The molecule has 2 rings (SSSR count). The first kappa shape index (κ1) is 9.21. The molecule has 1 N–H and O–H groups in total. The summed E-state index contributed by atoms with van der Waals surface area (Å²) < 4.78 is 0. The quantitative estimate of drug-likeness (QED) is 0.716. The highest BCUT2D eigenvalue weighted by molar-refractivity contribution is 5.83. The largest absolute Gasteiger partial charge is 0.374 e. The fraction of sp³-hybridized carbons (Fsp3) is 0.364. The highest BCUT2D eigenvalue weighted by atomic mass is 16.3. The van der Waals surface area contributed by atoms with Crippen LogP contribution in [-0.2, 0) is 4.79 Å². The number of hydrogen-bond donors (Lipinski definition) is 1. The van der Waals surface area contributed by atoms with Crippen LogP contribution in [0.15, 0.2) is 30.3 Å². The molecule has 1 aromatic rings. The molecule has 0 saturated carbocycles. The van der Waals surface area contributed by atoms with Gasteiger partial charge in [0.2, 0.25) is 5.91 Å². The molecule has 0 spiro atoms. The average molecular weight is 191 g/mol. The molecule has 14 heavy (non-hydrogen) atoms. The predicted molar refractivity (Wildman–Crippen MR) is 52.3 cm³/mol. The van der Waals surface area contributed by atoms with Gasteiger partial charge >= 0.3 is 0 Å². The summed E-state index contributed by atoms with van der Waals surface area (Å²) in [5, 5.41) is 9.38. The van der Waals surface area contributed by atoms with E-state index in [0.29, 0.717) is 6.42 Å². The monoisotopic (exact) mass is 191 g/mol. The Kier molecular flexibility index (Phi) is 2.25. The Hall–Kier alpha value is -1.35. The number of amides is 1. The SMILES string of the molecule is CC(O)N1C(=O)CC1c1ccccc1. The molecule has 2 unspecified atom stereocenters. The van der Waals surface area contributed by atoms with Gasteiger partial charge in [0, 0.05) is 0 Å². The minimum Gasteiger partial charge on any atom is -0.374 e. The molecule has 2 atom stereocenters. The minimum absolute atomic E-state index is 0.0221. The first-order chi connectivity index (χ1) is 6.70. The maximum absolute atomic E-state index is 11.2. The van der Waals surface area contributed by atoms with Crippen molar-refractivity contribution >= 4 is 5.91 Å².